The second kappa shape index (κ2) is 10.4. The molecule has 8 nitrogen and oxygen atoms in total. The molecule has 0 aliphatic heterocycles. The highest BCUT2D eigenvalue weighted by molar-refractivity contribution is 5.94. The number of esters is 1. The van der Waals surface area contributed by atoms with Crippen LogP contribution >= 0.6 is 0 Å². The molecule has 0 heterocycles. The predicted molar refractivity (Wildman–Crippen MR) is 106 cm³/mol. The minimum absolute atomic E-state index is 0.409. The molecule has 2 aromatic rings. The third-order valence-corrected chi connectivity index (χ3v) is 3.76. The Balaban J connectivity index is 1.97. The van der Waals surface area contributed by atoms with E-state index in [0.717, 1.165) is 0 Å². The van der Waals surface area contributed by atoms with Gasteiger partial charge >= 0.3 is 5.97 Å². The van der Waals surface area contributed by atoms with Crippen LogP contribution < -0.4 is 19.5 Å². The van der Waals surface area contributed by atoms with Crippen LogP contribution in [0.15, 0.2) is 42.5 Å². The fourth-order valence-electron chi connectivity index (χ4n) is 2.39. The minimum atomic E-state index is -0.706. The average Bonchev–Trinajstić information content (AvgIpc) is 2.75. The van der Waals surface area contributed by atoms with Gasteiger partial charge in [-0.25, -0.2) is 4.79 Å². The molecule has 0 spiro atoms. The van der Waals surface area contributed by atoms with Gasteiger partial charge in [0.05, 0.1) is 33.0 Å². The van der Waals surface area contributed by atoms with Gasteiger partial charge in [0.25, 0.3) is 5.91 Å². The van der Waals surface area contributed by atoms with Crippen LogP contribution in [0, 0.1) is 11.3 Å². The smallest absolute Gasteiger partial charge is 0.331 e. The molecule has 1 amide bonds. The number of nitrogens with one attached hydrogen (secondary N) is 1. The number of ether oxygens (including phenoxy) is 4. The topological polar surface area (TPSA) is 107 Å². The van der Waals surface area contributed by atoms with Crippen molar-refractivity contribution in [2.45, 2.75) is 0 Å². The third-order valence-electron chi connectivity index (χ3n) is 3.76. The van der Waals surface area contributed by atoms with Gasteiger partial charge in [-0.1, -0.05) is 6.07 Å². The fourth-order valence-corrected chi connectivity index (χ4v) is 2.39. The zero-order valence-corrected chi connectivity index (χ0v) is 16.2. The van der Waals surface area contributed by atoms with Gasteiger partial charge in [-0.15, -0.1) is 0 Å². The Morgan fingerprint density at radius 2 is 1.72 bits per heavy atom. The van der Waals surface area contributed by atoms with E-state index >= 15 is 0 Å². The first kappa shape index (κ1) is 21.3. The van der Waals surface area contributed by atoms with E-state index in [2.05, 4.69) is 5.32 Å². The van der Waals surface area contributed by atoms with Crippen molar-refractivity contribution in [1.29, 1.82) is 5.26 Å². The van der Waals surface area contributed by atoms with E-state index < -0.39 is 18.5 Å². The van der Waals surface area contributed by atoms with E-state index in [0.29, 0.717) is 34.1 Å². The van der Waals surface area contributed by atoms with Crippen LogP contribution in [-0.2, 0) is 14.3 Å². The van der Waals surface area contributed by atoms with Gasteiger partial charge in [0.1, 0.15) is 5.75 Å². The molecule has 2 aromatic carbocycles. The lowest BCUT2D eigenvalue weighted by Crippen LogP contribution is -2.20. The lowest BCUT2D eigenvalue weighted by molar-refractivity contribution is -0.142. The average molecular weight is 396 g/mol. The van der Waals surface area contributed by atoms with Crippen LogP contribution in [0.1, 0.15) is 11.1 Å². The molecule has 0 saturated carbocycles. The number of nitriles is 1. The highest BCUT2D eigenvalue weighted by Gasteiger charge is 2.11. The molecule has 1 N–H and O–H groups in total. The van der Waals surface area contributed by atoms with Crippen LogP contribution in [0.5, 0.6) is 17.2 Å². The Morgan fingerprint density at radius 1 is 1.03 bits per heavy atom. The lowest BCUT2D eigenvalue weighted by Gasteiger charge is -2.12. The number of nitrogens with zero attached hydrogens (tertiary/aromatic N) is 1. The van der Waals surface area contributed by atoms with Crippen LogP contribution in [-0.4, -0.2) is 39.8 Å². The van der Waals surface area contributed by atoms with Crippen molar-refractivity contribution >= 4 is 23.6 Å². The Labute approximate surface area is 168 Å². The number of benzene rings is 2. The highest BCUT2D eigenvalue weighted by Crippen LogP contribution is 2.35. The Morgan fingerprint density at radius 3 is 2.38 bits per heavy atom. The van der Waals surface area contributed by atoms with Crippen LogP contribution in [0.4, 0.5) is 5.69 Å². The Kier molecular flexibility index (Phi) is 7.62. The van der Waals surface area contributed by atoms with E-state index in [-0.39, 0.29) is 0 Å². The lowest BCUT2D eigenvalue weighted by atomic mass is 10.1. The van der Waals surface area contributed by atoms with E-state index in [1.165, 1.54) is 39.5 Å². The summed E-state index contributed by atoms with van der Waals surface area (Å²) in [6, 6.07) is 11.7. The number of amides is 1. The van der Waals surface area contributed by atoms with Crippen molar-refractivity contribution in [2.75, 3.05) is 33.3 Å². The molecule has 29 heavy (non-hydrogen) atoms. The zero-order valence-electron chi connectivity index (χ0n) is 16.2. The van der Waals surface area contributed by atoms with Crippen molar-refractivity contribution in [3.8, 4) is 23.3 Å². The zero-order chi connectivity index (χ0) is 21.2. The number of carbonyl (C=O) groups excluding carboxylic acids is 2. The molecule has 0 bridgehead atoms. The SMILES string of the molecule is COc1cc(OC)c(OC)cc1/C=C/C(=O)OCC(=O)Nc1cccc(C#N)c1. The van der Waals surface area contributed by atoms with E-state index in [1.54, 1.807) is 30.3 Å². The summed E-state index contributed by atoms with van der Waals surface area (Å²) in [6.07, 6.45) is 2.66. The summed E-state index contributed by atoms with van der Waals surface area (Å²) >= 11 is 0. The van der Waals surface area contributed by atoms with Crippen molar-refractivity contribution in [3.63, 3.8) is 0 Å². The number of methoxy groups -OCH3 is 3. The molecule has 0 aliphatic carbocycles. The molecule has 0 saturated heterocycles. The van der Waals surface area contributed by atoms with Gasteiger partial charge in [-0.05, 0) is 30.3 Å². The van der Waals surface area contributed by atoms with Crippen molar-refractivity contribution < 1.29 is 28.5 Å². The molecule has 0 radical (unpaired) electrons. The molecule has 0 aliphatic rings. The maximum absolute atomic E-state index is 11.9. The Bertz CT molecular complexity index is 962. The van der Waals surface area contributed by atoms with E-state index in [9.17, 15) is 9.59 Å². The second-order valence-electron chi connectivity index (χ2n) is 5.63. The van der Waals surface area contributed by atoms with Crippen LogP contribution in [0.2, 0.25) is 0 Å². The van der Waals surface area contributed by atoms with Crippen LogP contribution in [0.25, 0.3) is 6.08 Å². The molecule has 0 atom stereocenters. The molecule has 0 unspecified atom stereocenters. The first-order chi connectivity index (χ1) is 14.0. The summed E-state index contributed by atoms with van der Waals surface area (Å²) in [6.45, 7) is -0.469. The third kappa shape index (κ3) is 6.01. The number of rotatable bonds is 8. The molecule has 150 valence electrons. The fraction of sp³-hybridized carbons (Fsp3) is 0.190. The van der Waals surface area contributed by atoms with Crippen molar-refractivity contribution in [1.82, 2.24) is 0 Å². The van der Waals surface area contributed by atoms with Gasteiger partial charge in [-0.2, -0.15) is 5.26 Å². The monoisotopic (exact) mass is 396 g/mol. The minimum Gasteiger partial charge on any atom is -0.496 e. The molecular formula is C21H20N2O6. The van der Waals surface area contributed by atoms with E-state index in [1.807, 2.05) is 6.07 Å². The van der Waals surface area contributed by atoms with Gasteiger partial charge in [-0.3, -0.25) is 4.79 Å². The summed E-state index contributed by atoms with van der Waals surface area (Å²) in [4.78, 5) is 23.8. The first-order valence-electron chi connectivity index (χ1n) is 8.45. The van der Waals surface area contributed by atoms with E-state index in [4.69, 9.17) is 24.2 Å². The predicted octanol–water partition coefficient (Wildman–Crippen LogP) is 2.78. The molecular weight excluding hydrogens is 376 g/mol. The van der Waals surface area contributed by atoms with Crippen molar-refractivity contribution in [3.05, 3.63) is 53.6 Å². The number of anilines is 1. The molecule has 8 heteroatoms. The normalized spacial score (nSPS) is 10.1. The molecule has 2 rings (SSSR count). The van der Waals surface area contributed by atoms with Gasteiger partial charge in [0, 0.05) is 23.4 Å². The van der Waals surface area contributed by atoms with Crippen molar-refractivity contribution in [2.24, 2.45) is 0 Å². The summed E-state index contributed by atoms with van der Waals surface area (Å²) in [5.41, 5.74) is 1.42. The number of hydrogen-bond donors (Lipinski definition) is 1. The standard InChI is InChI=1S/C21H20N2O6/c1-26-17-11-19(28-3)18(27-2)10-15(17)7-8-21(25)29-13-20(24)23-16-6-4-5-14(9-16)12-22/h4-11H,13H2,1-3H3,(H,23,24)/b8-7+. The second-order valence-corrected chi connectivity index (χ2v) is 5.63. The van der Waals surface area contributed by atoms with Gasteiger partial charge < -0.3 is 24.3 Å². The van der Waals surface area contributed by atoms with Gasteiger partial charge in [0.2, 0.25) is 0 Å². The van der Waals surface area contributed by atoms with Gasteiger partial charge in [0.15, 0.2) is 18.1 Å². The maximum atomic E-state index is 11.9. The summed E-state index contributed by atoms with van der Waals surface area (Å²) in [5.74, 6) is 0.205. The summed E-state index contributed by atoms with van der Waals surface area (Å²) in [5, 5.41) is 11.4. The first-order valence-corrected chi connectivity index (χ1v) is 8.45. The number of hydrogen-bond acceptors (Lipinski definition) is 7. The molecule has 0 fully saturated rings. The highest BCUT2D eigenvalue weighted by atomic mass is 16.5. The molecule has 0 aromatic heterocycles. The summed E-state index contributed by atoms with van der Waals surface area (Å²) < 4.78 is 20.6. The largest absolute Gasteiger partial charge is 0.496 e. The van der Waals surface area contributed by atoms with Crippen LogP contribution in [0.3, 0.4) is 0 Å². The maximum Gasteiger partial charge on any atom is 0.331 e. The quantitative estimate of drug-likeness (QED) is 0.540. The number of carbonyl (C=O) groups is 2. The summed E-state index contributed by atoms with van der Waals surface area (Å²) in [7, 11) is 4.49. The Hall–Kier alpha value is -3.99.